The Balaban J connectivity index is 1.31. The van der Waals surface area contributed by atoms with Gasteiger partial charge in [-0.15, -0.1) is 0 Å². The molecule has 2 fully saturated rings. The van der Waals surface area contributed by atoms with Crippen LogP contribution in [0, 0.1) is 34.0 Å². The maximum Gasteiger partial charge on any atom is 0.327 e. The van der Waals surface area contributed by atoms with Gasteiger partial charge in [-0.05, 0) is 103 Å². The summed E-state index contributed by atoms with van der Waals surface area (Å²) >= 11 is 0. The van der Waals surface area contributed by atoms with Crippen molar-refractivity contribution in [2.24, 2.45) is 22.7 Å². The van der Waals surface area contributed by atoms with Crippen molar-refractivity contribution < 1.29 is 19.7 Å². The molecule has 5 nitrogen and oxygen atoms in total. The maximum atomic E-state index is 12.6. The second-order valence-corrected chi connectivity index (χ2v) is 11.9. The van der Waals surface area contributed by atoms with E-state index in [2.05, 4.69) is 25.1 Å². The largest absolute Gasteiger partial charge is 0.508 e. The first-order chi connectivity index (χ1) is 17.2. The Kier molecular flexibility index (Phi) is 5.29. The van der Waals surface area contributed by atoms with Crippen molar-refractivity contribution in [3.63, 3.8) is 0 Å². The van der Waals surface area contributed by atoms with Crippen LogP contribution < -0.4 is 0 Å². The molecule has 0 amide bonds. The summed E-state index contributed by atoms with van der Waals surface area (Å²) in [4.78, 5) is 12.6. The zero-order chi connectivity index (χ0) is 25.3. The van der Waals surface area contributed by atoms with Crippen molar-refractivity contribution in [2.45, 2.75) is 76.7 Å². The zero-order valence-corrected chi connectivity index (χ0v) is 21.2. The van der Waals surface area contributed by atoms with Crippen molar-refractivity contribution >= 4 is 5.97 Å². The molecule has 0 radical (unpaired) electrons. The first kappa shape index (κ1) is 23.6. The van der Waals surface area contributed by atoms with E-state index in [-0.39, 0.29) is 12.0 Å². The number of phenolic OH excluding ortho intramolecular Hbond substituents is 1. The lowest BCUT2D eigenvalue weighted by molar-refractivity contribution is -0.151. The van der Waals surface area contributed by atoms with Crippen LogP contribution in [-0.4, -0.2) is 22.8 Å². The van der Waals surface area contributed by atoms with Gasteiger partial charge < -0.3 is 14.9 Å². The van der Waals surface area contributed by atoms with Gasteiger partial charge in [-0.25, -0.2) is 0 Å². The number of esters is 1. The molecule has 2 N–H and O–H groups in total. The molecule has 6 rings (SSSR count). The van der Waals surface area contributed by atoms with E-state index < -0.39 is 17.0 Å². The fraction of sp³-hybridized carbons (Fsp3) is 0.548. The number of benzene rings is 2. The molecule has 0 spiro atoms. The van der Waals surface area contributed by atoms with E-state index in [1.165, 1.54) is 11.1 Å². The zero-order valence-electron chi connectivity index (χ0n) is 21.2. The Morgan fingerprint density at radius 3 is 2.67 bits per heavy atom. The minimum atomic E-state index is -1.16. The first-order valence-corrected chi connectivity index (χ1v) is 13.5. The molecule has 36 heavy (non-hydrogen) atoms. The van der Waals surface area contributed by atoms with Gasteiger partial charge in [0.1, 0.15) is 5.75 Å². The lowest BCUT2D eigenvalue weighted by Crippen LogP contribution is -2.49. The smallest absolute Gasteiger partial charge is 0.327 e. The Morgan fingerprint density at radius 2 is 1.89 bits per heavy atom. The van der Waals surface area contributed by atoms with Gasteiger partial charge in [0, 0.05) is 18.3 Å². The number of fused-ring (bicyclic) bond motifs is 6. The SMILES string of the molecule is CCOC(=O)C1(C#N)Cc2ccc([C@@]3(O)CC[C@H]4[C@@H]5CCc6cc(O)ccc6[C@H]5CC[C@@]43C)cc2C1. The van der Waals surface area contributed by atoms with Crippen LogP contribution in [0.4, 0.5) is 0 Å². The van der Waals surface area contributed by atoms with Crippen molar-refractivity contribution in [1.29, 1.82) is 5.26 Å². The summed E-state index contributed by atoms with van der Waals surface area (Å²) in [6.45, 7) is 4.31. The molecule has 188 valence electrons. The summed E-state index contributed by atoms with van der Waals surface area (Å²) in [5.41, 5.74) is 3.31. The average molecular weight is 486 g/mol. The van der Waals surface area contributed by atoms with E-state index in [1.54, 1.807) is 6.92 Å². The lowest BCUT2D eigenvalue weighted by Gasteiger charge is -2.53. The molecule has 0 heterocycles. The van der Waals surface area contributed by atoms with Gasteiger partial charge in [0.05, 0.1) is 18.3 Å². The van der Waals surface area contributed by atoms with E-state index in [4.69, 9.17) is 4.74 Å². The summed E-state index contributed by atoms with van der Waals surface area (Å²) in [5, 5.41) is 32.2. The monoisotopic (exact) mass is 485 g/mol. The van der Waals surface area contributed by atoms with E-state index in [1.807, 2.05) is 24.3 Å². The van der Waals surface area contributed by atoms with E-state index >= 15 is 0 Å². The predicted octanol–water partition coefficient (Wildman–Crippen LogP) is 5.31. The number of aromatic hydroxyl groups is 1. The number of hydrogen-bond acceptors (Lipinski definition) is 5. The van der Waals surface area contributed by atoms with Crippen LogP contribution in [-0.2, 0) is 34.4 Å². The number of aliphatic hydroxyl groups is 1. The number of carbonyl (C=O) groups is 1. The highest BCUT2D eigenvalue weighted by molar-refractivity contribution is 5.82. The van der Waals surface area contributed by atoms with Crippen LogP contribution in [0.5, 0.6) is 5.75 Å². The molecule has 2 aromatic carbocycles. The van der Waals surface area contributed by atoms with Crippen molar-refractivity contribution in [2.75, 3.05) is 6.61 Å². The average Bonchev–Trinajstić information content (AvgIpc) is 3.39. The molecular formula is C31H35NO4. The Morgan fingerprint density at radius 1 is 1.08 bits per heavy atom. The third-order valence-electron chi connectivity index (χ3n) is 10.4. The highest BCUT2D eigenvalue weighted by Crippen LogP contribution is 2.67. The van der Waals surface area contributed by atoms with Crippen LogP contribution in [0.2, 0.25) is 0 Å². The normalized spacial score (nSPS) is 36.2. The van der Waals surface area contributed by atoms with Crippen molar-refractivity contribution in [3.05, 3.63) is 64.2 Å². The second-order valence-electron chi connectivity index (χ2n) is 11.9. The number of carbonyl (C=O) groups excluding carboxylic acids is 1. The molecule has 2 saturated carbocycles. The topological polar surface area (TPSA) is 90.6 Å². The minimum Gasteiger partial charge on any atom is -0.508 e. The summed E-state index contributed by atoms with van der Waals surface area (Å²) < 4.78 is 5.24. The quantitative estimate of drug-likeness (QED) is 0.575. The first-order valence-electron chi connectivity index (χ1n) is 13.5. The van der Waals surface area contributed by atoms with Gasteiger partial charge in [0.25, 0.3) is 0 Å². The Labute approximate surface area is 213 Å². The number of phenols is 1. The van der Waals surface area contributed by atoms with E-state index in [9.17, 15) is 20.3 Å². The van der Waals surface area contributed by atoms with Gasteiger partial charge in [0.2, 0.25) is 0 Å². The highest BCUT2D eigenvalue weighted by Gasteiger charge is 2.62. The molecule has 0 bridgehead atoms. The van der Waals surface area contributed by atoms with Gasteiger partial charge in [-0.1, -0.05) is 31.2 Å². The van der Waals surface area contributed by atoms with Gasteiger partial charge >= 0.3 is 5.97 Å². The fourth-order valence-electron chi connectivity index (χ4n) is 8.53. The number of hydrogen-bond donors (Lipinski definition) is 2. The third-order valence-corrected chi connectivity index (χ3v) is 10.4. The van der Waals surface area contributed by atoms with Gasteiger partial charge in [0.15, 0.2) is 5.41 Å². The van der Waals surface area contributed by atoms with Crippen LogP contribution in [0.3, 0.4) is 0 Å². The Hall–Kier alpha value is -2.84. The summed E-state index contributed by atoms with van der Waals surface area (Å²) in [7, 11) is 0. The number of rotatable bonds is 3. The van der Waals surface area contributed by atoms with Crippen molar-refractivity contribution in [1.82, 2.24) is 0 Å². The molecule has 0 saturated heterocycles. The standard InChI is InChI=1S/C31H35NO4/c1-3-36-28(34)30(18-32)16-20-4-6-22(14-21(20)17-30)31(35)13-11-27-26-8-5-19-15-23(33)7-9-24(19)25(26)10-12-29(27,31)2/h4,6-7,9,14-15,25-27,33,35H,3,5,8,10-13,16-17H2,1-2H3/t25-,26-,27+,29+,30?,31+/m1/s1. The Bertz CT molecular complexity index is 1280. The van der Waals surface area contributed by atoms with Crippen LogP contribution in [0.25, 0.3) is 0 Å². The number of aryl methyl sites for hydroxylation is 1. The minimum absolute atomic E-state index is 0.219. The fourth-order valence-corrected chi connectivity index (χ4v) is 8.53. The third kappa shape index (κ3) is 3.13. The van der Waals surface area contributed by atoms with Gasteiger partial charge in [-0.2, -0.15) is 5.26 Å². The number of nitrogens with zero attached hydrogens (tertiary/aromatic N) is 1. The van der Waals surface area contributed by atoms with Crippen LogP contribution in [0.15, 0.2) is 36.4 Å². The molecule has 4 aliphatic carbocycles. The molecule has 2 aromatic rings. The van der Waals surface area contributed by atoms with E-state index in [0.717, 1.165) is 55.2 Å². The van der Waals surface area contributed by atoms with Gasteiger partial charge in [-0.3, -0.25) is 4.79 Å². The summed E-state index contributed by atoms with van der Waals surface area (Å²) in [5.74, 6) is 1.38. The number of nitriles is 1. The highest BCUT2D eigenvalue weighted by atomic mass is 16.5. The van der Waals surface area contributed by atoms with Crippen LogP contribution in [0.1, 0.15) is 79.7 Å². The molecule has 6 atom stereocenters. The second kappa shape index (κ2) is 8.08. The van der Waals surface area contributed by atoms with Crippen molar-refractivity contribution in [3.8, 4) is 11.8 Å². The lowest BCUT2D eigenvalue weighted by atomic mass is 9.52. The maximum absolute atomic E-state index is 12.6. The summed E-state index contributed by atoms with van der Waals surface area (Å²) in [6, 6.07) is 14.3. The summed E-state index contributed by atoms with van der Waals surface area (Å²) in [6.07, 6.45) is 6.54. The molecular weight excluding hydrogens is 450 g/mol. The molecule has 5 heteroatoms. The number of ether oxygens (including phenoxy) is 1. The predicted molar refractivity (Wildman–Crippen MR) is 135 cm³/mol. The molecule has 4 aliphatic rings. The molecule has 1 unspecified atom stereocenters. The molecule has 0 aromatic heterocycles. The van der Waals surface area contributed by atoms with E-state index in [0.29, 0.717) is 36.3 Å². The van der Waals surface area contributed by atoms with Crippen LogP contribution >= 0.6 is 0 Å². The molecule has 0 aliphatic heterocycles.